The van der Waals surface area contributed by atoms with Crippen molar-refractivity contribution in [2.75, 3.05) is 0 Å². The minimum Gasteiger partial charge on any atom is -0.457 e. The zero-order chi connectivity index (χ0) is 39.7. The fourth-order valence-electron chi connectivity index (χ4n) is 9.30. The van der Waals surface area contributed by atoms with Crippen molar-refractivity contribution in [2.24, 2.45) is 0 Å². The van der Waals surface area contributed by atoms with Gasteiger partial charge in [-0.15, -0.1) is 0 Å². The smallest absolute Gasteiger partial charge is 0.143 e. The van der Waals surface area contributed by atoms with E-state index in [-0.39, 0.29) is 0 Å². The lowest BCUT2D eigenvalue weighted by molar-refractivity contribution is 0.439. The Kier molecular flexibility index (Phi) is 7.79. The largest absolute Gasteiger partial charge is 0.457 e. The summed E-state index contributed by atoms with van der Waals surface area (Å²) in [6.45, 7) is 2.11. The highest BCUT2D eigenvalue weighted by molar-refractivity contribution is 6.29. The molecule has 4 heteroatoms. The molecule has 0 radical (unpaired) electrons. The summed E-state index contributed by atoms with van der Waals surface area (Å²) in [4.78, 5) is 0. The summed E-state index contributed by atoms with van der Waals surface area (Å²) in [7, 11) is 0. The molecular weight excluding hydrogens is 733 g/mol. The van der Waals surface area contributed by atoms with Crippen molar-refractivity contribution < 1.29 is 9.15 Å². The zero-order valence-electron chi connectivity index (χ0n) is 33.0. The number of benzene rings is 8. The van der Waals surface area contributed by atoms with Gasteiger partial charge in [0.2, 0.25) is 0 Å². The Balaban J connectivity index is 1.13. The fraction of sp³-hybridized carbons (Fsp3) is 0.0357. The molecule has 4 nitrogen and oxygen atoms in total. The Hall–Kier alpha value is -7.82. The highest BCUT2D eigenvalue weighted by Gasteiger charge is 2.22. The molecule has 12 rings (SSSR count). The van der Waals surface area contributed by atoms with E-state index in [9.17, 15) is 0 Å². The highest BCUT2D eigenvalue weighted by atomic mass is 16.5. The average molecular weight is 771 g/mol. The number of fused-ring (bicyclic) bond motifs is 10. The van der Waals surface area contributed by atoms with Crippen molar-refractivity contribution in [3.63, 3.8) is 0 Å². The van der Waals surface area contributed by atoms with Crippen LogP contribution in [-0.4, -0.2) is 9.13 Å². The van der Waals surface area contributed by atoms with Crippen LogP contribution >= 0.6 is 0 Å². The van der Waals surface area contributed by atoms with Crippen LogP contribution in [0.3, 0.4) is 0 Å². The number of hydrogen-bond donors (Lipinski definition) is 0. The first-order chi connectivity index (χ1) is 29.7. The maximum atomic E-state index is 6.60. The minimum absolute atomic E-state index is 0.832. The maximum absolute atomic E-state index is 6.60. The Bertz CT molecular complexity index is 3590. The molecule has 0 saturated heterocycles. The number of aryl methyl sites for hydroxylation is 1. The predicted molar refractivity (Wildman–Crippen MR) is 250 cm³/mol. The molecule has 0 atom stereocenters. The van der Waals surface area contributed by atoms with E-state index in [1.807, 2.05) is 18.2 Å². The topological polar surface area (TPSA) is 32.2 Å². The molecule has 0 N–H and O–H groups in total. The maximum Gasteiger partial charge on any atom is 0.143 e. The van der Waals surface area contributed by atoms with E-state index in [0.717, 1.165) is 84.5 Å². The Morgan fingerprint density at radius 3 is 2.03 bits per heavy atom. The number of hydrogen-bond acceptors (Lipinski definition) is 2. The molecule has 0 amide bonds. The molecule has 3 heterocycles. The molecule has 0 bridgehead atoms. The number of aromatic nitrogens is 2. The normalized spacial score (nSPS) is 13.0. The van der Waals surface area contributed by atoms with E-state index in [4.69, 9.17) is 9.15 Å². The Morgan fingerprint density at radius 1 is 0.500 bits per heavy atom. The quantitative estimate of drug-likeness (QED) is 0.169. The van der Waals surface area contributed by atoms with Gasteiger partial charge in [0.25, 0.3) is 0 Å². The summed E-state index contributed by atoms with van der Waals surface area (Å²) in [5, 5.41) is 7.07. The third kappa shape index (κ3) is 5.38. The molecule has 11 aromatic rings. The van der Waals surface area contributed by atoms with Gasteiger partial charge in [-0.3, -0.25) is 0 Å². The van der Waals surface area contributed by atoms with Crippen LogP contribution in [-0.2, 0) is 0 Å². The van der Waals surface area contributed by atoms with Crippen molar-refractivity contribution in [1.82, 2.24) is 9.13 Å². The molecule has 3 aromatic heterocycles. The second-order valence-electron chi connectivity index (χ2n) is 15.6. The molecule has 0 aliphatic heterocycles. The number of allylic oxidation sites excluding steroid dienone is 5. The van der Waals surface area contributed by atoms with Crippen LogP contribution < -0.4 is 4.74 Å². The SMILES string of the molecule is Cc1ccc(-n2c3ccc(-c4cccc5c4oc4ccccc45)cc3c3c4c5ccccc5n(-c5ccc(-c6ccccc6)cc5)c4ccc32)cc1OC1=CCC=CC=C1. The fourth-order valence-corrected chi connectivity index (χ4v) is 9.30. The number of para-hydroxylation sites is 3. The van der Waals surface area contributed by atoms with Crippen LogP contribution in [0.25, 0.3) is 99.2 Å². The highest BCUT2D eigenvalue weighted by Crippen LogP contribution is 2.45. The Labute approximate surface area is 346 Å². The molecule has 0 saturated carbocycles. The van der Waals surface area contributed by atoms with Gasteiger partial charge in [0.1, 0.15) is 22.7 Å². The lowest BCUT2D eigenvalue weighted by atomic mass is 9.99. The number of nitrogens with zero attached hydrogens (tertiary/aromatic N) is 2. The van der Waals surface area contributed by atoms with Gasteiger partial charge in [-0.05, 0) is 102 Å². The summed E-state index contributed by atoms with van der Waals surface area (Å²) in [5.74, 6) is 1.68. The van der Waals surface area contributed by atoms with E-state index < -0.39 is 0 Å². The van der Waals surface area contributed by atoms with Gasteiger partial charge < -0.3 is 18.3 Å². The van der Waals surface area contributed by atoms with Gasteiger partial charge in [-0.1, -0.05) is 127 Å². The lowest BCUT2D eigenvalue weighted by Gasteiger charge is -2.14. The van der Waals surface area contributed by atoms with E-state index in [1.54, 1.807) is 0 Å². The molecule has 60 heavy (non-hydrogen) atoms. The summed E-state index contributed by atoms with van der Waals surface area (Å²) in [6, 6.07) is 61.2. The van der Waals surface area contributed by atoms with Crippen molar-refractivity contribution in [1.29, 1.82) is 0 Å². The Morgan fingerprint density at radius 2 is 1.17 bits per heavy atom. The summed E-state index contributed by atoms with van der Waals surface area (Å²) < 4.78 is 18.0. The monoisotopic (exact) mass is 770 g/mol. The van der Waals surface area contributed by atoms with Gasteiger partial charge in [0, 0.05) is 55.3 Å². The van der Waals surface area contributed by atoms with Crippen molar-refractivity contribution >= 4 is 65.6 Å². The molecule has 1 aliphatic carbocycles. The third-order valence-corrected chi connectivity index (χ3v) is 12.1. The van der Waals surface area contributed by atoms with Gasteiger partial charge in [0.05, 0.1) is 22.1 Å². The summed E-state index contributed by atoms with van der Waals surface area (Å²) in [6.07, 6.45) is 11.2. The van der Waals surface area contributed by atoms with Crippen LogP contribution in [0.4, 0.5) is 0 Å². The standard InChI is InChI=1S/C56H38N2O2/c1-36-24-28-41(35-53(36)59-42-16-7-2-3-8-17-42)58-49-31-27-39(43-20-13-21-45-44-18-10-12-23-52(44)60-56(43)45)34-47(49)55-51(58)33-32-50-54(55)46-19-9-11-22-48(46)57(50)40-29-25-38(26-30-40)37-14-5-4-6-15-37/h2-7,9-35H,8H2,1H3. The predicted octanol–water partition coefficient (Wildman–Crippen LogP) is 15.2. The van der Waals surface area contributed by atoms with Crippen LogP contribution in [0.15, 0.2) is 210 Å². The molecule has 8 aromatic carbocycles. The van der Waals surface area contributed by atoms with Crippen LogP contribution in [0.1, 0.15) is 12.0 Å². The first-order valence-corrected chi connectivity index (χ1v) is 20.6. The minimum atomic E-state index is 0.832. The average Bonchev–Trinajstić information content (AvgIpc) is 3.87. The second-order valence-corrected chi connectivity index (χ2v) is 15.6. The molecule has 284 valence electrons. The van der Waals surface area contributed by atoms with E-state index in [2.05, 4.69) is 198 Å². The second kappa shape index (κ2) is 13.6. The first-order valence-electron chi connectivity index (χ1n) is 20.6. The lowest BCUT2D eigenvalue weighted by Crippen LogP contribution is -1.99. The van der Waals surface area contributed by atoms with Crippen molar-refractivity contribution in [3.8, 4) is 39.4 Å². The van der Waals surface area contributed by atoms with Crippen LogP contribution in [0.2, 0.25) is 0 Å². The van der Waals surface area contributed by atoms with Gasteiger partial charge in [0.15, 0.2) is 0 Å². The molecule has 1 aliphatic rings. The third-order valence-electron chi connectivity index (χ3n) is 12.1. The van der Waals surface area contributed by atoms with E-state index in [0.29, 0.717) is 0 Å². The zero-order valence-corrected chi connectivity index (χ0v) is 33.0. The van der Waals surface area contributed by atoms with Gasteiger partial charge in [-0.2, -0.15) is 0 Å². The molecule has 0 spiro atoms. The molecular formula is C56H38N2O2. The number of ether oxygens (including phenoxy) is 1. The molecule has 0 unspecified atom stereocenters. The summed E-state index contributed by atoms with van der Waals surface area (Å²) >= 11 is 0. The number of rotatable bonds is 6. The van der Waals surface area contributed by atoms with Crippen molar-refractivity contribution in [3.05, 3.63) is 212 Å². The van der Waals surface area contributed by atoms with Gasteiger partial charge in [-0.25, -0.2) is 0 Å². The van der Waals surface area contributed by atoms with Gasteiger partial charge >= 0.3 is 0 Å². The first kappa shape index (κ1) is 34.2. The summed E-state index contributed by atoms with van der Waals surface area (Å²) in [5.41, 5.74) is 14.2. The van der Waals surface area contributed by atoms with Crippen LogP contribution in [0.5, 0.6) is 5.75 Å². The number of furan rings is 1. The van der Waals surface area contributed by atoms with E-state index >= 15 is 0 Å². The molecule has 0 fully saturated rings. The van der Waals surface area contributed by atoms with E-state index in [1.165, 1.54) is 38.2 Å². The van der Waals surface area contributed by atoms with Crippen LogP contribution in [0, 0.1) is 6.92 Å². The van der Waals surface area contributed by atoms with Crippen molar-refractivity contribution in [2.45, 2.75) is 13.3 Å².